The zero-order chi connectivity index (χ0) is 15.8. The summed E-state index contributed by atoms with van der Waals surface area (Å²) >= 11 is 3.42. The van der Waals surface area contributed by atoms with Crippen molar-refractivity contribution in [3.8, 4) is 5.75 Å². The highest BCUT2D eigenvalue weighted by atomic mass is 79.9. The third-order valence-electron chi connectivity index (χ3n) is 2.84. The number of nitrogens with one attached hydrogen (secondary N) is 1. The third-order valence-corrected chi connectivity index (χ3v) is 3.33. The lowest BCUT2D eigenvalue weighted by Crippen LogP contribution is -2.17. The summed E-state index contributed by atoms with van der Waals surface area (Å²) in [6.07, 6.45) is 2.51. The van der Waals surface area contributed by atoms with Crippen LogP contribution in [0.25, 0.3) is 0 Å². The first-order chi connectivity index (χ1) is 10.7. The summed E-state index contributed by atoms with van der Waals surface area (Å²) in [4.78, 5) is 11.9. The molecule has 0 aliphatic heterocycles. The van der Waals surface area contributed by atoms with Crippen LogP contribution in [0.1, 0.15) is 29.3 Å². The number of carbonyl (C=O) groups excluding carboxylic acids is 1. The summed E-state index contributed by atoms with van der Waals surface area (Å²) in [5.41, 5.74) is 3.88. The van der Waals surface area contributed by atoms with Crippen molar-refractivity contribution in [2.45, 2.75) is 13.3 Å². The van der Waals surface area contributed by atoms with E-state index in [1.54, 1.807) is 18.3 Å². The van der Waals surface area contributed by atoms with Crippen LogP contribution in [0.2, 0.25) is 0 Å². The number of ether oxygens (including phenoxy) is 1. The molecule has 4 nitrogen and oxygen atoms in total. The Morgan fingerprint density at radius 3 is 2.77 bits per heavy atom. The molecule has 0 saturated heterocycles. The lowest BCUT2D eigenvalue weighted by Gasteiger charge is -2.08. The molecular formula is C17H17BrN2O2. The summed E-state index contributed by atoms with van der Waals surface area (Å²) in [5.74, 6) is 0.491. The van der Waals surface area contributed by atoms with E-state index >= 15 is 0 Å². The fourth-order valence-corrected chi connectivity index (χ4v) is 2.16. The van der Waals surface area contributed by atoms with E-state index in [1.165, 1.54) is 0 Å². The molecule has 0 saturated carbocycles. The fraction of sp³-hybridized carbons (Fsp3) is 0.176. The third kappa shape index (κ3) is 4.70. The predicted octanol–water partition coefficient (Wildman–Crippen LogP) is 4.00. The van der Waals surface area contributed by atoms with Gasteiger partial charge in [0.15, 0.2) is 0 Å². The smallest absolute Gasteiger partial charge is 0.271 e. The normalized spacial score (nSPS) is 10.6. The van der Waals surface area contributed by atoms with Gasteiger partial charge in [0, 0.05) is 15.6 Å². The molecule has 22 heavy (non-hydrogen) atoms. The molecule has 0 unspecified atom stereocenters. The molecule has 0 spiro atoms. The van der Waals surface area contributed by atoms with E-state index < -0.39 is 0 Å². The highest BCUT2D eigenvalue weighted by Gasteiger charge is 2.04. The first-order valence-corrected chi connectivity index (χ1v) is 7.81. The van der Waals surface area contributed by atoms with Crippen LogP contribution in [0.3, 0.4) is 0 Å². The number of hydrogen-bond acceptors (Lipinski definition) is 3. The van der Waals surface area contributed by atoms with Crippen molar-refractivity contribution in [3.05, 3.63) is 64.1 Å². The molecule has 0 heterocycles. The molecule has 114 valence electrons. The lowest BCUT2D eigenvalue weighted by atomic mass is 10.2. The van der Waals surface area contributed by atoms with Gasteiger partial charge in [-0.2, -0.15) is 5.10 Å². The van der Waals surface area contributed by atoms with Crippen molar-refractivity contribution in [2.24, 2.45) is 5.10 Å². The largest absolute Gasteiger partial charge is 0.493 e. The average molecular weight is 361 g/mol. The molecule has 0 bridgehead atoms. The molecule has 0 atom stereocenters. The minimum Gasteiger partial charge on any atom is -0.493 e. The maximum absolute atomic E-state index is 11.9. The standard InChI is InChI=1S/C17H17BrN2O2/c1-2-10-22-16-9-8-15(18)11-14(16)12-19-20-17(21)13-6-4-3-5-7-13/h3-9,11-12H,2,10H2,1H3,(H,20,21)/b19-12-. The van der Waals surface area contributed by atoms with E-state index in [1.807, 2.05) is 43.3 Å². The van der Waals surface area contributed by atoms with Gasteiger partial charge in [-0.15, -0.1) is 0 Å². The number of halogens is 1. The van der Waals surface area contributed by atoms with Gasteiger partial charge in [0.05, 0.1) is 12.8 Å². The minimum absolute atomic E-state index is 0.247. The molecule has 0 aromatic heterocycles. The van der Waals surface area contributed by atoms with E-state index in [0.717, 1.165) is 22.2 Å². The average Bonchev–Trinajstić information content (AvgIpc) is 2.55. The van der Waals surface area contributed by atoms with Crippen LogP contribution in [0.4, 0.5) is 0 Å². The van der Waals surface area contributed by atoms with Crippen molar-refractivity contribution in [3.63, 3.8) is 0 Å². The molecule has 5 heteroatoms. The van der Waals surface area contributed by atoms with Gasteiger partial charge in [-0.25, -0.2) is 5.43 Å². The van der Waals surface area contributed by atoms with Gasteiger partial charge in [0.25, 0.3) is 5.91 Å². The molecule has 2 aromatic rings. The highest BCUT2D eigenvalue weighted by molar-refractivity contribution is 9.10. The predicted molar refractivity (Wildman–Crippen MR) is 91.4 cm³/mol. The molecule has 1 N–H and O–H groups in total. The van der Waals surface area contributed by atoms with Gasteiger partial charge in [-0.3, -0.25) is 4.79 Å². The van der Waals surface area contributed by atoms with Crippen LogP contribution in [0, 0.1) is 0 Å². The summed E-state index contributed by atoms with van der Waals surface area (Å²) in [5, 5.41) is 4.00. The molecule has 0 aliphatic rings. The second-order valence-corrected chi connectivity index (χ2v) is 5.51. The second kappa shape index (κ2) is 8.34. The van der Waals surface area contributed by atoms with Crippen LogP contribution in [0.5, 0.6) is 5.75 Å². The van der Waals surface area contributed by atoms with Crippen molar-refractivity contribution >= 4 is 28.1 Å². The highest BCUT2D eigenvalue weighted by Crippen LogP contribution is 2.21. The quantitative estimate of drug-likeness (QED) is 0.625. The van der Waals surface area contributed by atoms with E-state index in [-0.39, 0.29) is 5.91 Å². The van der Waals surface area contributed by atoms with Gasteiger partial charge in [0.1, 0.15) is 5.75 Å². The zero-order valence-corrected chi connectivity index (χ0v) is 13.8. The van der Waals surface area contributed by atoms with Gasteiger partial charge >= 0.3 is 0 Å². The Bertz CT molecular complexity index is 657. The Balaban J connectivity index is 2.06. The second-order valence-electron chi connectivity index (χ2n) is 4.60. The van der Waals surface area contributed by atoms with Crippen molar-refractivity contribution in [1.82, 2.24) is 5.43 Å². The SMILES string of the molecule is CCCOc1ccc(Br)cc1/C=N\NC(=O)c1ccccc1. The number of hydrogen-bond donors (Lipinski definition) is 1. The first-order valence-electron chi connectivity index (χ1n) is 7.01. The van der Waals surface area contributed by atoms with E-state index in [2.05, 4.69) is 26.5 Å². The van der Waals surface area contributed by atoms with Crippen LogP contribution in [-0.4, -0.2) is 18.7 Å². The fourth-order valence-electron chi connectivity index (χ4n) is 1.78. The van der Waals surface area contributed by atoms with E-state index in [9.17, 15) is 4.79 Å². The monoisotopic (exact) mass is 360 g/mol. The molecular weight excluding hydrogens is 344 g/mol. The van der Waals surface area contributed by atoms with Crippen LogP contribution in [-0.2, 0) is 0 Å². The van der Waals surface area contributed by atoms with E-state index in [0.29, 0.717) is 12.2 Å². The number of carbonyl (C=O) groups is 1. The molecule has 1 amide bonds. The maximum atomic E-state index is 11.9. The van der Waals surface area contributed by atoms with Gasteiger partial charge in [0.2, 0.25) is 0 Å². The maximum Gasteiger partial charge on any atom is 0.271 e. The Kier molecular flexibility index (Phi) is 6.15. The summed E-state index contributed by atoms with van der Waals surface area (Å²) in [6.45, 7) is 2.69. The minimum atomic E-state index is -0.247. The molecule has 2 rings (SSSR count). The van der Waals surface area contributed by atoms with Crippen molar-refractivity contribution < 1.29 is 9.53 Å². The summed E-state index contributed by atoms with van der Waals surface area (Å²) in [7, 11) is 0. The Morgan fingerprint density at radius 1 is 1.27 bits per heavy atom. The van der Waals surface area contributed by atoms with E-state index in [4.69, 9.17) is 4.74 Å². The Labute approximate surface area is 138 Å². The summed E-state index contributed by atoms with van der Waals surface area (Å²) < 4.78 is 6.58. The molecule has 0 aliphatic carbocycles. The first kappa shape index (κ1) is 16.2. The number of nitrogens with zero attached hydrogens (tertiary/aromatic N) is 1. The number of amides is 1. The molecule has 0 fully saturated rings. The number of rotatable bonds is 6. The molecule has 2 aromatic carbocycles. The van der Waals surface area contributed by atoms with Gasteiger partial charge < -0.3 is 4.74 Å². The van der Waals surface area contributed by atoms with Crippen LogP contribution >= 0.6 is 15.9 Å². The van der Waals surface area contributed by atoms with Gasteiger partial charge in [-0.05, 0) is 36.8 Å². The Hall–Kier alpha value is -2.14. The topological polar surface area (TPSA) is 50.7 Å². The van der Waals surface area contributed by atoms with Gasteiger partial charge in [-0.1, -0.05) is 41.1 Å². The van der Waals surface area contributed by atoms with Crippen molar-refractivity contribution in [1.29, 1.82) is 0 Å². The number of benzene rings is 2. The Morgan fingerprint density at radius 2 is 2.05 bits per heavy atom. The summed E-state index contributed by atoms with van der Waals surface area (Å²) in [6, 6.07) is 14.6. The lowest BCUT2D eigenvalue weighted by molar-refractivity contribution is 0.0955. The van der Waals surface area contributed by atoms with Crippen LogP contribution in [0.15, 0.2) is 58.1 Å². The van der Waals surface area contributed by atoms with Crippen LogP contribution < -0.4 is 10.2 Å². The molecule has 0 radical (unpaired) electrons. The van der Waals surface area contributed by atoms with Crippen molar-refractivity contribution in [2.75, 3.05) is 6.61 Å². The number of hydrazone groups is 1. The zero-order valence-electron chi connectivity index (χ0n) is 12.3.